The van der Waals surface area contributed by atoms with Crippen molar-refractivity contribution in [3.05, 3.63) is 48.0 Å². The lowest BCUT2D eigenvalue weighted by molar-refractivity contribution is -0.144. The highest BCUT2D eigenvalue weighted by Crippen LogP contribution is 2.42. The molecule has 4 rings (SSSR count). The maximum absolute atomic E-state index is 13.5. The lowest BCUT2D eigenvalue weighted by atomic mass is 9.85. The number of fused-ring (bicyclic) bond motifs is 1. The topological polar surface area (TPSA) is 118 Å². The van der Waals surface area contributed by atoms with Gasteiger partial charge in [-0.3, -0.25) is 14.5 Å². The number of carbonyl (C=O) groups is 2. The van der Waals surface area contributed by atoms with E-state index in [0.29, 0.717) is 49.1 Å². The molecule has 0 bridgehead atoms. The zero-order chi connectivity index (χ0) is 27.8. The molecule has 2 heterocycles. The van der Waals surface area contributed by atoms with Crippen molar-refractivity contribution in [1.29, 1.82) is 0 Å². The van der Waals surface area contributed by atoms with Crippen LogP contribution in [0.1, 0.15) is 37.7 Å². The van der Waals surface area contributed by atoms with Crippen LogP contribution < -0.4 is 18.9 Å². The number of carbonyl (C=O) groups excluding carboxylic acids is 1. The van der Waals surface area contributed by atoms with Gasteiger partial charge in [-0.2, -0.15) is 0 Å². The Morgan fingerprint density at radius 3 is 2.54 bits per heavy atom. The van der Waals surface area contributed by atoms with E-state index in [1.165, 1.54) is 0 Å². The van der Waals surface area contributed by atoms with E-state index in [0.717, 1.165) is 18.4 Å². The predicted octanol–water partition coefficient (Wildman–Crippen LogP) is 2.98. The summed E-state index contributed by atoms with van der Waals surface area (Å²) in [5, 5.41) is 19.7. The molecule has 2 aromatic carbocycles. The molecule has 1 fully saturated rings. The molecule has 0 saturated carbocycles. The summed E-state index contributed by atoms with van der Waals surface area (Å²) < 4.78 is 22.5. The first kappa shape index (κ1) is 28.5. The van der Waals surface area contributed by atoms with Crippen molar-refractivity contribution in [1.82, 2.24) is 9.80 Å². The average molecular weight is 543 g/mol. The van der Waals surface area contributed by atoms with Gasteiger partial charge in [-0.25, -0.2) is 0 Å². The number of aliphatic carboxylic acids is 1. The molecule has 2 N–H and O–H groups in total. The van der Waals surface area contributed by atoms with Crippen LogP contribution in [-0.2, 0) is 9.59 Å². The van der Waals surface area contributed by atoms with Crippen LogP contribution in [0, 0.1) is 5.92 Å². The fraction of sp³-hybridized carbons (Fsp3) is 0.517. The Morgan fingerprint density at radius 1 is 1.08 bits per heavy atom. The molecular formula is C29H38N2O8. The number of rotatable bonds is 14. The number of hydrogen-bond donors (Lipinski definition) is 2. The number of benzene rings is 2. The zero-order valence-corrected chi connectivity index (χ0v) is 22.6. The van der Waals surface area contributed by atoms with Gasteiger partial charge in [0, 0.05) is 32.2 Å². The number of methoxy groups -OCH3 is 1. The highest BCUT2D eigenvalue weighted by Gasteiger charge is 2.48. The van der Waals surface area contributed by atoms with Crippen molar-refractivity contribution in [3.8, 4) is 23.0 Å². The van der Waals surface area contributed by atoms with Crippen LogP contribution in [0.5, 0.6) is 23.0 Å². The summed E-state index contributed by atoms with van der Waals surface area (Å²) in [5.41, 5.74) is 0.812. The molecule has 10 nitrogen and oxygen atoms in total. The highest BCUT2D eigenvalue weighted by atomic mass is 16.7. The van der Waals surface area contributed by atoms with E-state index in [9.17, 15) is 19.8 Å². The molecule has 10 heteroatoms. The van der Waals surface area contributed by atoms with Gasteiger partial charge in [-0.05, 0) is 42.7 Å². The number of unbranched alkanes of at least 4 members (excludes halogenated alkanes) is 1. The molecule has 212 valence electrons. The Hall–Kier alpha value is -3.50. The van der Waals surface area contributed by atoms with Crippen LogP contribution in [-0.4, -0.2) is 91.2 Å². The third-order valence-corrected chi connectivity index (χ3v) is 7.40. The van der Waals surface area contributed by atoms with Gasteiger partial charge in [0.05, 0.1) is 25.6 Å². The molecule has 2 aliphatic heterocycles. The summed E-state index contributed by atoms with van der Waals surface area (Å²) in [7, 11) is 1.55. The number of aliphatic hydroxyl groups is 1. The van der Waals surface area contributed by atoms with Gasteiger partial charge in [-0.1, -0.05) is 31.5 Å². The molecule has 1 amide bonds. The van der Waals surface area contributed by atoms with E-state index in [4.69, 9.17) is 18.9 Å². The first-order valence-electron chi connectivity index (χ1n) is 13.5. The normalized spacial score (nSPS) is 20.1. The standard InChI is InChI=1S/C29H38N2O8/c1-3-4-12-30(13-7-14-32)27(33)17-31-16-21(20-10-11-25-26(15-20)39-19-38-25)28(29(34)35)22(31)18-37-24-9-6-5-8-23(24)36-2/h5-6,8-11,15,21-22,28,32H,3-4,7,12-14,16-19H2,1-2H3,(H,34,35)/t21-,22+,28-/m1/s1. The maximum atomic E-state index is 13.5. The number of carboxylic acids is 1. The molecular weight excluding hydrogens is 504 g/mol. The summed E-state index contributed by atoms with van der Waals surface area (Å²) in [4.78, 5) is 29.9. The largest absolute Gasteiger partial charge is 0.493 e. The second-order valence-corrected chi connectivity index (χ2v) is 9.85. The van der Waals surface area contributed by atoms with Crippen LogP contribution in [0.2, 0.25) is 0 Å². The first-order valence-corrected chi connectivity index (χ1v) is 13.5. The molecule has 0 spiro atoms. The number of nitrogens with zero attached hydrogens (tertiary/aromatic N) is 2. The fourth-order valence-electron chi connectivity index (χ4n) is 5.34. The molecule has 2 aliphatic rings. The Morgan fingerprint density at radius 2 is 1.82 bits per heavy atom. The Labute approximate surface area is 229 Å². The van der Waals surface area contributed by atoms with Gasteiger partial charge in [0.15, 0.2) is 23.0 Å². The summed E-state index contributed by atoms with van der Waals surface area (Å²) in [5.74, 6) is 0.0115. The molecule has 39 heavy (non-hydrogen) atoms. The SMILES string of the molecule is CCCCN(CCCO)C(=O)CN1C[C@H](c2ccc3c(c2)OCO3)[C@@H](C(=O)O)[C@@H]1COc1ccccc1OC. The van der Waals surface area contributed by atoms with E-state index in [-0.39, 0.29) is 32.5 Å². The number of hydrogen-bond acceptors (Lipinski definition) is 8. The van der Waals surface area contributed by atoms with Crippen LogP contribution in [0.3, 0.4) is 0 Å². The number of amides is 1. The summed E-state index contributed by atoms with van der Waals surface area (Å²) in [6.07, 6.45) is 2.29. The predicted molar refractivity (Wildman–Crippen MR) is 143 cm³/mol. The van der Waals surface area contributed by atoms with Gasteiger partial charge < -0.3 is 34.1 Å². The van der Waals surface area contributed by atoms with E-state index >= 15 is 0 Å². The quantitative estimate of drug-likeness (QED) is 0.371. The number of aliphatic hydroxyl groups excluding tert-OH is 1. The third kappa shape index (κ3) is 6.75. The second-order valence-electron chi connectivity index (χ2n) is 9.85. The minimum atomic E-state index is -0.954. The Bertz CT molecular complexity index is 1120. The maximum Gasteiger partial charge on any atom is 0.308 e. The van der Waals surface area contributed by atoms with E-state index < -0.39 is 23.8 Å². The minimum Gasteiger partial charge on any atom is -0.493 e. The van der Waals surface area contributed by atoms with Gasteiger partial charge in [0.1, 0.15) is 6.61 Å². The fourth-order valence-corrected chi connectivity index (χ4v) is 5.34. The van der Waals surface area contributed by atoms with Crippen molar-refractivity contribution in [3.63, 3.8) is 0 Å². The van der Waals surface area contributed by atoms with Gasteiger partial charge in [0.2, 0.25) is 12.7 Å². The van der Waals surface area contributed by atoms with E-state index in [1.807, 2.05) is 29.2 Å². The van der Waals surface area contributed by atoms with E-state index in [1.54, 1.807) is 30.2 Å². The molecule has 3 atom stereocenters. The van der Waals surface area contributed by atoms with Crippen molar-refractivity contribution < 1.29 is 38.7 Å². The summed E-state index contributed by atoms with van der Waals surface area (Å²) in [6, 6.07) is 12.1. The lowest BCUT2D eigenvalue weighted by Crippen LogP contribution is -2.46. The number of para-hydroxylation sites is 2. The smallest absolute Gasteiger partial charge is 0.308 e. The monoisotopic (exact) mass is 542 g/mol. The molecule has 0 unspecified atom stereocenters. The van der Waals surface area contributed by atoms with Crippen molar-refractivity contribution in [2.24, 2.45) is 5.92 Å². The molecule has 0 radical (unpaired) electrons. The zero-order valence-electron chi connectivity index (χ0n) is 22.6. The van der Waals surface area contributed by atoms with Gasteiger partial charge in [0.25, 0.3) is 0 Å². The number of ether oxygens (including phenoxy) is 4. The lowest BCUT2D eigenvalue weighted by Gasteiger charge is -2.29. The van der Waals surface area contributed by atoms with Crippen molar-refractivity contribution in [2.75, 3.05) is 53.3 Å². The van der Waals surface area contributed by atoms with Crippen LogP contribution in [0.4, 0.5) is 0 Å². The average Bonchev–Trinajstić information content (AvgIpc) is 3.56. The second kappa shape index (κ2) is 13.5. The molecule has 0 aromatic heterocycles. The summed E-state index contributed by atoms with van der Waals surface area (Å²) in [6.45, 7) is 3.74. The first-order chi connectivity index (χ1) is 19.0. The van der Waals surface area contributed by atoms with Gasteiger partial charge >= 0.3 is 5.97 Å². The number of likely N-dealkylation sites (tertiary alicyclic amines) is 1. The van der Waals surface area contributed by atoms with Gasteiger partial charge in [-0.15, -0.1) is 0 Å². The molecule has 2 aromatic rings. The van der Waals surface area contributed by atoms with Crippen LogP contribution >= 0.6 is 0 Å². The highest BCUT2D eigenvalue weighted by molar-refractivity contribution is 5.79. The minimum absolute atomic E-state index is 0.00225. The van der Waals surface area contributed by atoms with Crippen molar-refractivity contribution >= 4 is 11.9 Å². The van der Waals surface area contributed by atoms with E-state index in [2.05, 4.69) is 6.92 Å². The molecule has 0 aliphatic carbocycles. The van der Waals surface area contributed by atoms with Crippen molar-refractivity contribution in [2.45, 2.75) is 38.1 Å². The molecule has 1 saturated heterocycles. The summed E-state index contributed by atoms with van der Waals surface area (Å²) >= 11 is 0. The van der Waals surface area contributed by atoms with Crippen LogP contribution in [0.15, 0.2) is 42.5 Å². The Kier molecular flexibility index (Phi) is 9.89. The Balaban J connectivity index is 1.61. The van der Waals surface area contributed by atoms with Crippen LogP contribution in [0.25, 0.3) is 0 Å². The third-order valence-electron chi connectivity index (χ3n) is 7.40. The number of carboxylic acid groups (broad SMARTS) is 1.